The van der Waals surface area contributed by atoms with E-state index >= 15 is 0 Å². The predicted octanol–water partition coefficient (Wildman–Crippen LogP) is 5.40. The molecule has 0 radical (unpaired) electrons. The maximum atomic E-state index is 13.3. The third kappa shape index (κ3) is 7.13. The number of carbonyl (C=O) groups excluding carboxylic acids is 1. The Bertz CT molecular complexity index is 2060. The average Bonchev–Trinajstić information content (AvgIpc) is 3.72. The number of phenolic OH excluding ortho intramolecular Hbond substituents is 1. The first-order valence-corrected chi connectivity index (χ1v) is 16.1. The number of amides is 2. The van der Waals surface area contributed by atoms with Crippen LogP contribution in [0.25, 0.3) is 22.7 Å². The molecule has 5 N–H and O–H groups in total. The second-order valence-electron chi connectivity index (χ2n) is 11.6. The first-order valence-electron chi connectivity index (χ1n) is 15.2. The Hall–Kier alpha value is -5.37. The van der Waals surface area contributed by atoms with E-state index in [2.05, 4.69) is 20.8 Å². The summed E-state index contributed by atoms with van der Waals surface area (Å²) < 4.78 is 9.00. The lowest BCUT2D eigenvalue weighted by Crippen LogP contribution is -2.29. The number of nitrogens with zero attached hydrogens (tertiary/aromatic N) is 5. The summed E-state index contributed by atoms with van der Waals surface area (Å²) in [6.45, 7) is 3.88. The number of ether oxygens (including phenoxy) is 1. The van der Waals surface area contributed by atoms with E-state index in [9.17, 15) is 15.0 Å². The van der Waals surface area contributed by atoms with E-state index in [-0.39, 0.29) is 32.1 Å². The molecule has 0 saturated heterocycles. The molecule has 0 fully saturated rings. The summed E-state index contributed by atoms with van der Waals surface area (Å²) in [5.74, 6) is 1.61. The SMILES string of the molecule is CC(C)(CO)c1cc(NC(=O)NCc2ccccc2Sc2ccc3nnc(-c4ccccc4O)n3c2)n(-c2cccc(OCCO)c2)n1. The van der Waals surface area contributed by atoms with Crippen molar-refractivity contribution in [3.05, 3.63) is 108 Å². The summed E-state index contributed by atoms with van der Waals surface area (Å²) in [5.41, 5.74) is 2.72. The zero-order valence-corrected chi connectivity index (χ0v) is 27.2. The van der Waals surface area contributed by atoms with Crippen LogP contribution >= 0.6 is 11.8 Å². The number of aliphatic hydroxyl groups is 2. The minimum Gasteiger partial charge on any atom is -0.507 e. The molecule has 3 aromatic carbocycles. The minimum atomic E-state index is -0.655. The van der Waals surface area contributed by atoms with Crippen molar-refractivity contribution in [2.45, 2.75) is 35.6 Å². The van der Waals surface area contributed by atoms with Crippen LogP contribution in [0, 0.1) is 0 Å². The number of aromatic hydroxyl groups is 1. The first-order chi connectivity index (χ1) is 23.3. The van der Waals surface area contributed by atoms with E-state index < -0.39 is 11.4 Å². The number of anilines is 1. The molecule has 3 heterocycles. The number of nitrogens with one attached hydrogen (secondary N) is 2. The molecule has 12 nitrogen and oxygen atoms in total. The molecular formula is C35H35N7O5S. The highest BCUT2D eigenvalue weighted by Crippen LogP contribution is 2.33. The van der Waals surface area contributed by atoms with Gasteiger partial charge in [0.1, 0.15) is 23.9 Å². The molecule has 13 heteroatoms. The van der Waals surface area contributed by atoms with Crippen LogP contribution < -0.4 is 15.4 Å². The van der Waals surface area contributed by atoms with Crippen molar-refractivity contribution in [3.8, 4) is 28.6 Å². The number of pyridine rings is 1. The molecule has 0 atom stereocenters. The second kappa shape index (κ2) is 14.2. The molecule has 6 rings (SSSR count). The van der Waals surface area contributed by atoms with E-state index in [0.29, 0.717) is 40.0 Å². The fourth-order valence-electron chi connectivity index (χ4n) is 4.94. The van der Waals surface area contributed by atoms with E-state index in [1.165, 1.54) is 11.8 Å². The van der Waals surface area contributed by atoms with Gasteiger partial charge in [0, 0.05) is 40.1 Å². The van der Waals surface area contributed by atoms with Crippen LogP contribution in [0.5, 0.6) is 11.5 Å². The highest BCUT2D eigenvalue weighted by Gasteiger charge is 2.26. The molecule has 0 spiro atoms. The normalized spacial score (nSPS) is 11.5. The molecule has 2 amide bonds. The molecular weight excluding hydrogens is 630 g/mol. The number of aliphatic hydroxyl groups excluding tert-OH is 2. The number of rotatable bonds is 12. The van der Waals surface area contributed by atoms with Crippen molar-refractivity contribution < 1.29 is 24.9 Å². The molecule has 246 valence electrons. The number of fused-ring (bicyclic) bond motifs is 1. The van der Waals surface area contributed by atoms with Crippen LogP contribution in [-0.4, -0.2) is 65.5 Å². The third-order valence-corrected chi connectivity index (χ3v) is 8.72. The van der Waals surface area contributed by atoms with Gasteiger partial charge in [0.15, 0.2) is 11.5 Å². The van der Waals surface area contributed by atoms with Gasteiger partial charge < -0.3 is 25.4 Å². The zero-order valence-electron chi connectivity index (χ0n) is 26.4. The van der Waals surface area contributed by atoms with Gasteiger partial charge >= 0.3 is 6.03 Å². The maximum absolute atomic E-state index is 13.3. The Labute approximate surface area is 281 Å². The van der Waals surface area contributed by atoms with E-state index in [0.717, 1.165) is 15.4 Å². The predicted molar refractivity (Wildman–Crippen MR) is 183 cm³/mol. The van der Waals surface area contributed by atoms with E-state index in [4.69, 9.17) is 14.9 Å². The topological polar surface area (TPSA) is 159 Å². The molecule has 0 bridgehead atoms. The molecule has 0 saturated carbocycles. The van der Waals surface area contributed by atoms with Crippen molar-refractivity contribution in [1.29, 1.82) is 0 Å². The molecule has 3 aromatic heterocycles. The number of benzene rings is 3. The van der Waals surface area contributed by atoms with Gasteiger partial charge in [-0.3, -0.25) is 9.72 Å². The van der Waals surface area contributed by atoms with Gasteiger partial charge in [0.05, 0.1) is 30.2 Å². The maximum Gasteiger partial charge on any atom is 0.320 e. The van der Waals surface area contributed by atoms with E-state index in [1.54, 1.807) is 47.1 Å². The van der Waals surface area contributed by atoms with Crippen LogP contribution in [-0.2, 0) is 12.0 Å². The number of hydrogen-bond donors (Lipinski definition) is 5. The number of carbonyl (C=O) groups is 1. The standard InChI is InChI=1S/C35H35N7O5S/c1-35(2,22-44)30-19-32(42(40-30)24-9-7-10-25(18-24)47-17-16-43)37-34(46)36-20-23-8-3-6-13-29(23)48-26-14-15-31-38-39-33(41(31)21-26)27-11-4-5-12-28(27)45/h3-15,18-19,21,43-45H,16-17,20,22H2,1-2H3,(H2,36,37,46). The minimum absolute atomic E-state index is 0.118. The quantitative estimate of drug-likeness (QED) is 0.115. The average molecular weight is 666 g/mol. The summed E-state index contributed by atoms with van der Waals surface area (Å²) in [7, 11) is 0. The number of urea groups is 1. The van der Waals surface area contributed by atoms with E-state index in [1.807, 2.05) is 73.0 Å². The van der Waals surface area contributed by atoms with Crippen LogP contribution in [0.15, 0.2) is 107 Å². The molecule has 0 aliphatic rings. The van der Waals surface area contributed by atoms with Crippen molar-refractivity contribution in [2.75, 3.05) is 25.1 Å². The van der Waals surface area contributed by atoms with Crippen LogP contribution in [0.2, 0.25) is 0 Å². The number of phenols is 1. The third-order valence-electron chi connectivity index (χ3n) is 7.62. The molecule has 6 aromatic rings. The Morgan fingerprint density at radius 3 is 2.58 bits per heavy atom. The smallest absolute Gasteiger partial charge is 0.320 e. The van der Waals surface area contributed by atoms with Gasteiger partial charge in [-0.2, -0.15) is 5.10 Å². The van der Waals surface area contributed by atoms with Gasteiger partial charge in [-0.25, -0.2) is 9.48 Å². The lowest BCUT2D eigenvalue weighted by molar-refractivity contribution is 0.201. The Morgan fingerprint density at radius 1 is 0.958 bits per heavy atom. The monoisotopic (exact) mass is 665 g/mol. The molecule has 0 aliphatic heterocycles. The molecule has 0 aliphatic carbocycles. The fourth-order valence-corrected chi connectivity index (χ4v) is 5.90. The van der Waals surface area contributed by atoms with Crippen molar-refractivity contribution in [3.63, 3.8) is 0 Å². The lowest BCUT2D eigenvalue weighted by atomic mass is 9.91. The van der Waals surface area contributed by atoms with Gasteiger partial charge in [-0.05, 0) is 48.0 Å². The number of hydrogen-bond acceptors (Lipinski definition) is 9. The number of aromatic nitrogens is 5. The van der Waals surface area contributed by atoms with Crippen molar-refractivity contribution in [2.24, 2.45) is 0 Å². The largest absolute Gasteiger partial charge is 0.507 e. The summed E-state index contributed by atoms with van der Waals surface area (Å²) in [6, 6.07) is 27.1. The number of para-hydroxylation sites is 1. The van der Waals surface area contributed by atoms with Crippen LogP contribution in [0.4, 0.5) is 10.6 Å². The van der Waals surface area contributed by atoms with Crippen molar-refractivity contribution in [1.82, 2.24) is 29.7 Å². The van der Waals surface area contributed by atoms with Crippen LogP contribution in [0.3, 0.4) is 0 Å². The summed E-state index contributed by atoms with van der Waals surface area (Å²) in [4.78, 5) is 15.2. The van der Waals surface area contributed by atoms with Gasteiger partial charge in [-0.1, -0.05) is 62.0 Å². The zero-order chi connectivity index (χ0) is 33.7. The summed E-state index contributed by atoms with van der Waals surface area (Å²) in [6.07, 6.45) is 1.93. The van der Waals surface area contributed by atoms with Gasteiger partial charge in [-0.15, -0.1) is 10.2 Å². The molecule has 0 unspecified atom stereocenters. The fraction of sp³-hybridized carbons (Fsp3) is 0.200. The highest BCUT2D eigenvalue weighted by atomic mass is 32.2. The Morgan fingerprint density at radius 2 is 1.77 bits per heavy atom. The lowest BCUT2D eigenvalue weighted by Gasteiger charge is -2.18. The van der Waals surface area contributed by atoms with Gasteiger partial charge in [0.2, 0.25) is 0 Å². The second-order valence-corrected chi connectivity index (χ2v) is 12.7. The highest BCUT2D eigenvalue weighted by molar-refractivity contribution is 7.99. The Balaban J connectivity index is 1.20. The summed E-state index contributed by atoms with van der Waals surface area (Å²) >= 11 is 1.54. The molecule has 48 heavy (non-hydrogen) atoms. The van der Waals surface area contributed by atoms with Crippen LogP contribution in [0.1, 0.15) is 25.1 Å². The van der Waals surface area contributed by atoms with Crippen molar-refractivity contribution >= 4 is 29.3 Å². The summed E-state index contributed by atoms with van der Waals surface area (Å²) in [5, 5.41) is 48.6. The Kier molecular flexibility index (Phi) is 9.62. The first kappa shape index (κ1) is 32.6. The van der Waals surface area contributed by atoms with Gasteiger partial charge in [0.25, 0.3) is 0 Å².